The summed E-state index contributed by atoms with van der Waals surface area (Å²) in [4.78, 5) is 2.61. The molecule has 2 aromatic rings. The second kappa shape index (κ2) is 4.41. The number of nitrogens with zero attached hydrogens (tertiary/aromatic N) is 6. The number of tetrazole rings is 1. The summed E-state index contributed by atoms with van der Waals surface area (Å²) in [6, 6.07) is 5.02. The highest BCUT2D eigenvalue weighted by atomic mass is 15.6. The Morgan fingerprint density at radius 1 is 1.16 bits per heavy atom. The van der Waals surface area contributed by atoms with E-state index in [1.165, 1.54) is 43.4 Å². The molecule has 7 heteroatoms. The number of hydrogen-bond donors (Lipinski definition) is 1. The van der Waals surface area contributed by atoms with Crippen LogP contribution < -0.4 is 5.32 Å². The van der Waals surface area contributed by atoms with E-state index in [9.17, 15) is 0 Å². The molecule has 1 N–H and O–H groups in total. The van der Waals surface area contributed by atoms with Gasteiger partial charge < -0.3 is 5.32 Å². The van der Waals surface area contributed by atoms with Crippen LogP contribution in [-0.4, -0.2) is 55.3 Å². The highest BCUT2D eigenvalue weighted by molar-refractivity contribution is 5.43. The van der Waals surface area contributed by atoms with E-state index in [-0.39, 0.29) is 0 Å². The molecule has 2 aromatic heterocycles. The third-order valence-electron chi connectivity index (χ3n) is 4.26. The van der Waals surface area contributed by atoms with Crippen molar-refractivity contribution in [3.05, 3.63) is 12.1 Å². The van der Waals surface area contributed by atoms with Gasteiger partial charge in [0.25, 0.3) is 0 Å². The monoisotopic (exact) mass is 259 g/mol. The lowest BCUT2D eigenvalue weighted by Crippen LogP contribution is -2.41. The number of fused-ring (bicyclic) bond motifs is 2. The Bertz CT molecular complexity index is 580. The summed E-state index contributed by atoms with van der Waals surface area (Å²) >= 11 is 0. The zero-order chi connectivity index (χ0) is 12.7. The van der Waals surface area contributed by atoms with E-state index in [1.807, 2.05) is 12.1 Å². The number of nitrogens with one attached hydrogen (secondary N) is 1. The smallest absolute Gasteiger partial charge is 0.200 e. The van der Waals surface area contributed by atoms with Crippen LogP contribution in [0.3, 0.4) is 0 Å². The van der Waals surface area contributed by atoms with Gasteiger partial charge in [-0.25, -0.2) is 0 Å². The van der Waals surface area contributed by atoms with Crippen LogP contribution in [0.2, 0.25) is 0 Å². The Morgan fingerprint density at radius 2 is 2.16 bits per heavy atom. The Labute approximate surface area is 111 Å². The molecular formula is C12H17N7. The van der Waals surface area contributed by atoms with E-state index >= 15 is 0 Å². The SMILES string of the molecule is c1cc2nnnn2nc1NC1CCN2CCCCC12. The lowest BCUT2D eigenvalue weighted by Gasteiger charge is -2.32. The first-order valence-electron chi connectivity index (χ1n) is 6.96. The lowest BCUT2D eigenvalue weighted by atomic mass is 9.99. The molecule has 2 saturated heterocycles. The van der Waals surface area contributed by atoms with Gasteiger partial charge in [-0.3, -0.25) is 4.90 Å². The van der Waals surface area contributed by atoms with Crippen molar-refractivity contribution in [3.8, 4) is 0 Å². The Morgan fingerprint density at radius 3 is 3.16 bits per heavy atom. The molecule has 0 radical (unpaired) electrons. The van der Waals surface area contributed by atoms with E-state index in [4.69, 9.17) is 0 Å². The summed E-state index contributed by atoms with van der Waals surface area (Å²) in [5.74, 6) is 0.859. The summed E-state index contributed by atoms with van der Waals surface area (Å²) < 4.78 is 1.47. The topological polar surface area (TPSA) is 71.2 Å². The van der Waals surface area contributed by atoms with Crippen LogP contribution in [-0.2, 0) is 0 Å². The number of anilines is 1. The molecule has 4 heterocycles. The van der Waals surface area contributed by atoms with Crippen molar-refractivity contribution in [3.63, 3.8) is 0 Å². The summed E-state index contributed by atoms with van der Waals surface area (Å²) in [5, 5.41) is 19.2. The fourth-order valence-electron chi connectivity index (χ4n) is 3.33. The van der Waals surface area contributed by atoms with E-state index in [1.54, 1.807) is 0 Å². The molecule has 100 valence electrons. The van der Waals surface area contributed by atoms with Crippen LogP contribution >= 0.6 is 0 Å². The maximum atomic E-state index is 4.39. The van der Waals surface area contributed by atoms with Gasteiger partial charge in [-0.2, -0.15) is 0 Å². The summed E-state index contributed by atoms with van der Waals surface area (Å²) in [7, 11) is 0. The number of piperidine rings is 1. The summed E-state index contributed by atoms with van der Waals surface area (Å²) in [6.45, 7) is 2.46. The van der Waals surface area contributed by atoms with Gasteiger partial charge in [0, 0.05) is 18.6 Å². The van der Waals surface area contributed by atoms with Crippen LogP contribution in [0, 0.1) is 0 Å². The minimum absolute atomic E-state index is 0.502. The van der Waals surface area contributed by atoms with E-state index in [2.05, 4.69) is 30.8 Å². The standard InChI is InChI=1S/C12H17N7/c1-2-7-18-8-6-9(10(18)3-1)13-11-4-5-12-14-16-17-19(12)15-11/h4-5,9-10H,1-3,6-8H2,(H,13,15). The predicted octanol–water partition coefficient (Wildman–Crippen LogP) is 0.558. The molecule has 19 heavy (non-hydrogen) atoms. The van der Waals surface area contributed by atoms with E-state index < -0.39 is 0 Å². The molecule has 2 fully saturated rings. The molecule has 2 aliphatic rings. The van der Waals surface area contributed by atoms with Gasteiger partial charge >= 0.3 is 0 Å². The number of rotatable bonds is 2. The van der Waals surface area contributed by atoms with Gasteiger partial charge in [0.2, 0.25) is 0 Å². The minimum atomic E-state index is 0.502. The maximum Gasteiger partial charge on any atom is 0.200 e. The third kappa shape index (κ3) is 1.94. The first kappa shape index (κ1) is 11.1. The fourth-order valence-corrected chi connectivity index (χ4v) is 3.33. The average molecular weight is 259 g/mol. The molecule has 0 saturated carbocycles. The molecule has 2 atom stereocenters. The van der Waals surface area contributed by atoms with Gasteiger partial charge in [0.1, 0.15) is 5.82 Å². The molecular weight excluding hydrogens is 242 g/mol. The van der Waals surface area contributed by atoms with Crippen molar-refractivity contribution in [1.82, 2.24) is 30.2 Å². The van der Waals surface area contributed by atoms with Crippen molar-refractivity contribution in [2.75, 3.05) is 18.4 Å². The summed E-state index contributed by atoms with van der Waals surface area (Å²) in [6.07, 6.45) is 5.18. The minimum Gasteiger partial charge on any atom is -0.364 e. The second-order valence-corrected chi connectivity index (χ2v) is 5.38. The van der Waals surface area contributed by atoms with Crippen LogP contribution in [0.15, 0.2) is 12.1 Å². The second-order valence-electron chi connectivity index (χ2n) is 5.38. The zero-order valence-corrected chi connectivity index (χ0v) is 10.7. The van der Waals surface area contributed by atoms with Crippen molar-refractivity contribution >= 4 is 11.5 Å². The molecule has 0 bridgehead atoms. The Balaban J connectivity index is 1.54. The molecule has 0 amide bonds. The van der Waals surface area contributed by atoms with Gasteiger partial charge in [-0.05, 0) is 48.4 Å². The average Bonchev–Trinajstić information content (AvgIpc) is 3.06. The number of aromatic nitrogens is 5. The summed E-state index contributed by atoms with van der Waals surface area (Å²) in [5.41, 5.74) is 0.677. The van der Waals surface area contributed by atoms with E-state index in [0.717, 1.165) is 5.82 Å². The molecule has 0 spiro atoms. The molecule has 0 aromatic carbocycles. The normalized spacial score (nSPS) is 27.6. The Kier molecular flexibility index (Phi) is 2.58. The van der Waals surface area contributed by atoms with Gasteiger partial charge in [-0.1, -0.05) is 6.42 Å². The first-order valence-corrected chi connectivity index (χ1v) is 6.96. The van der Waals surface area contributed by atoms with Crippen molar-refractivity contribution in [1.29, 1.82) is 0 Å². The maximum absolute atomic E-state index is 4.39. The molecule has 2 unspecified atom stereocenters. The fraction of sp³-hybridized carbons (Fsp3) is 0.667. The predicted molar refractivity (Wildman–Crippen MR) is 69.8 cm³/mol. The van der Waals surface area contributed by atoms with Gasteiger partial charge in [-0.15, -0.1) is 14.8 Å². The molecule has 7 nitrogen and oxygen atoms in total. The van der Waals surface area contributed by atoms with Crippen LogP contribution in [0.5, 0.6) is 0 Å². The van der Waals surface area contributed by atoms with Crippen molar-refractivity contribution < 1.29 is 0 Å². The quantitative estimate of drug-likeness (QED) is 0.849. The largest absolute Gasteiger partial charge is 0.364 e. The van der Waals surface area contributed by atoms with Crippen molar-refractivity contribution in [2.45, 2.75) is 37.8 Å². The van der Waals surface area contributed by atoms with Crippen molar-refractivity contribution in [2.24, 2.45) is 0 Å². The molecule has 0 aliphatic carbocycles. The van der Waals surface area contributed by atoms with Crippen LogP contribution in [0.1, 0.15) is 25.7 Å². The van der Waals surface area contributed by atoms with Crippen LogP contribution in [0.25, 0.3) is 5.65 Å². The van der Waals surface area contributed by atoms with Gasteiger partial charge in [0.05, 0.1) is 0 Å². The first-order chi connectivity index (χ1) is 9.40. The molecule has 4 rings (SSSR count). The number of hydrogen-bond acceptors (Lipinski definition) is 6. The third-order valence-corrected chi connectivity index (χ3v) is 4.26. The highest BCUT2D eigenvalue weighted by Gasteiger charge is 2.35. The Hall–Kier alpha value is -1.76. The molecule has 2 aliphatic heterocycles. The zero-order valence-electron chi connectivity index (χ0n) is 10.7. The van der Waals surface area contributed by atoms with Gasteiger partial charge in [0.15, 0.2) is 5.65 Å². The van der Waals surface area contributed by atoms with E-state index in [0.29, 0.717) is 17.7 Å². The lowest BCUT2D eigenvalue weighted by molar-refractivity contribution is 0.192. The van der Waals surface area contributed by atoms with Crippen LogP contribution in [0.4, 0.5) is 5.82 Å². The highest BCUT2D eigenvalue weighted by Crippen LogP contribution is 2.28.